The molecule has 0 bridgehead atoms. The van der Waals surface area contributed by atoms with Crippen molar-refractivity contribution < 1.29 is 43.5 Å². The number of carbonyl (C=O) groups excluding carboxylic acids is 8. The molecule has 2 rings (SSSR count). The SMILES string of the molecule is CC(C)C[C@@H]1NC(=O)CNC(=O)[C@H](CCN)NC(=O)[C@@H](NC(=O)[C@@H]2CCCN2)CCNC(=O)[C@H]([C@@H](C)O)NC(=O)[C@H](CCN)NC(=O)[C@H](CCN)NC1=O. The maximum atomic E-state index is 13.6. The molecule has 16 N–H and O–H groups in total. The number of nitrogens with one attached hydrogen (secondary N) is 9. The highest BCUT2D eigenvalue weighted by atomic mass is 16.3. The van der Waals surface area contributed by atoms with Crippen molar-refractivity contribution in [3.8, 4) is 0 Å². The average molecular weight is 769 g/mol. The van der Waals surface area contributed by atoms with E-state index in [1.807, 2.05) is 13.8 Å². The first-order valence-electron chi connectivity index (χ1n) is 18.5. The van der Waals surface area contributed by atoms with E-state index in [2.05, 4.69) is 47.9 Å². The number of amides is 8. The average Bonchev–Trinajstić information content (AvgIpc) is 3.66. The fourth-order valence-electron chi connectivity index (χ4n) is 5.92. The molecule has 0 saturated carbocycles. The second-order valence-electron chi connectivity index (χ2n) is 13.9. The molecule has 0 aromatic rings. The lowest BCUT2D eigenvalue weighted by Crippen LogP contribution is -2.60. The lowest BCUT2D eigenvalue weighted by Gasteiger charge is -2.27. The van der Waals surface area contributed by atoms with Crippen LogP contribution in [0.25, 0.3) is 0 Å². The van der Waals surface area contributed by atoms with E-state index in [0.29, 0.717) is 13.0 Å². The van der Waals surface area contributed by atoms with Gasteiger partial charge in [-0.1, -0.05) is 13.8 Å². The molecule has 2 aliphatic heterocycles. The molecular weight excluding hydrogens is 708 g/mol. The Hall–Kier alpha value is -4.44. The van der Waals surface area contributed by atoms with Crippen molar-refractivity contribution in [2.45, 2.75) is 114 Å². The number of hydrogen-bond donors (Lipinski definition) is 13. The lowest BCUT2D eigenvalue weighted by molar-refractivity contribution is -0.135. The van der Waals surface area contributed by atoms with Gasteiger partial charge in [0.15, 0.2) is 0 Å². The lowest BCUT2D eigenvalue weighted by atomic mass is 10.0. The summed E-state index contributed by atoms with van der Waals surface area (Å²) in [5, 5.41) is 33.8. The van der Waals surface area contributed by atoms with E-state index in [-0.39, 0.29) is 64.2 Å². The third kappa shape index (κ3) is 15.1. The summed E-state index contributed by atoms with van der Waals surface area (Å²) in [6.45, 7) is 4.57. The first-order chi connectivity index (χ1) is 25.6. The van der Waals surface area contributed by atoms with E-state index in [0.717, 1.165) is 6.42 Å². The Morgan fingerprint density at radius 1 is 0.685 bits per heavy atom. The third-order valence-corrected chi connectivity index (χ3v) is 8.85. The van der Waals surface area contributed by atoms with Crippen LogP contribution in [0, 0.1) is 5.92 Å². The van der Waals surface area contributed by atoms with Crippen LogP contribution in [-0.2, 0) is 38.4 Å². The molecule has 2 fully saturated rings. The highest BCUT2D eigenvalue weighted by molar-refractivity contribution is 5.97. The van der Waals surface area contributed by atoms with Gasteiger partial charge in [-0.05, 0) is 84.0 Å². The van der Waals surface area contributed by atoms with Gasteiger partial charge in [0.25, 0.3) is 0 Å². The van der Waals surface area contributed by atoms with Crippen LogP contribution in [0.1, 0.15) is 65.7 Å². The number of hydrogen-bond acceptors (Lipinski definition) is 13. The van der Waals surface area contributed by atoms with Gasteiger partial charge in [0.05, 0.1) is 18.7 Å². The van der Waals surface area contributed by atoms with Crippen LogP contribution >= 0.6 is 0 Å². The van der Waals surface area contributed by atoms with Gasteiger partial charge in [0.2, 0.25) is 47.3 Å². The van der Waals surface area contributed by atoms with Crippen molar-refractivity contribution in [2.24, 2.45) is 23.1 Å². The summed E-state index contributed by atoms with van der Waals surface area (Å²) in [5.41, 5.74) is 17.2. The maximum Gasteiger partial charge on any atom is 0.245 e. The van der Waals surface area contributed by atoms with Crippen LogP contribution in [0.5, 0.6) is 0 Å². The smallest absolute Gasteiger partial charge is 0.245 e. The minimum atomic E-state index is -1.52. The largest absolute Gasteiger partial charge is 0.391 e. The van der Waals surface area contributed by atoms with E-state index in [9.17, 15) is 43.5 Å². The first kappa shape index (κ1) is 45.7. The van der Waals surface area contributed by atoms with E-state index in [1.54, 1.807) is 0 Å². The monoisotopic (exact) mass is 768 g/mol. The van der Waals surface area contributed by atoms with Gasteiger partial charge in [0, 0.05) is 6.54 Å². The van der Waals surface area contributed by atoms with Crippen LogP contribution in [0.2, 0.25) is 0 Å². The fourth-order valence-corrected chi connectivity index (χ4v) is 5.92. The predicted octanol–water partition coefficient (Wildman–Crippen LogP) is -6.24. The van der Waals surface area contributed by atoms with Crippen molar-refractivity contribution in [2.75, 3.05) is 39.3 Å². The highest BCUT2D eigenvalue weighted by Gasteiger charge is 2.34. The summed E-state index contributed by atoms with van der Waals surface area (Å²) in [7, 11) is 0. The number of rotatable bonds is 11. The molecule has 21 nitrogen and oxygen atoms in total. The van der Waals surface area contributed by atoms with Crippen molar-refractivity contribution in [1.29, 1.82) is 0 Å². The van der Waals surface area contributed by atoms with Gasteiger partial charge in [0.1, 0.15) is 36.3 Å². The van der Waals surface area contributed by atoms with Gasteiger partial charge in [-0.3, -0.25) is 38.4 Å². The molecule has 0 unspecified atom stereocenters. The van der Waals surface area contributed by atoms with Gasteiger partial charge in [-0.15, -0.1) is 0 Å². The summed E-state index contributed by atoms with van der Waals surface area (Å²) < 4.78 is 0. The molecule has 21 heteroatoms. The van der Waals surface area contributed by atoms with E-state index in [4.69, 9.17) is 17.2 Å². The van der Waals surface area contributed by atoms with E-state index < -0.39 is 102 Å². The van der Waals surface area contributed by atoms with Gasteiger partial charge >= 0.3 is 0 Å². The van der Waals surface area contributed by atoms with Gasteiger partial charge in [-0.25, -0.2) is 0 Å². The summed E-state index contributed by atoms with van der Waals surface area (Å²) in [6.07, 6.45) is -0.310. The molecule has 0 spiro atoms. The van der Waals surface area contributed by atoms with Crippen molar-refractivity contribution in [3.63, 3.8) is 0 Å². The molecule has 54 heavy (non-hydrogen) atoms. The van der Waals surface area contributed by atoms with E-state index in [1.165, 1.54) is 6.92 Å². The Labute approximate surface area is 314 Å². The molecule has 2 aliphatic rings. The second-order valence-corrected chi connectivity index (χ2v) is 13.9. The Morgan fingerprint density at radius 3 is 1.74 bits per heavy atom. The maximum absolute atomic E-state index is 13.6. The predicted molar refractivity (Wildman–Crippen MR) is 195 cm³/mol. The van der Waals surface area contributed by atoms with Crippen LogP contribution in [0.3, 0.4) is 0 Å². The van der Waals surface area contributed by atoms with Gasteiger partial charge < -0.3 is 70.2 Å². The number of aliphatic hydroxyl groups excluding tert-OH is 1. The highest BCUT2D eigenvalue weighted by Crippen LogP contribution is 2.09. The molecule has 2 heterocycles. The molecule has 0 aliphatic carbocycles. The standard InChI is InChI=1S/C33H60N12O9/c1-17(2)15-24-32(53)43-21(7-11-35)29(50)42-22(8-12-36)31(52)45-26(18(3)46)33(54)38-14-9-23(44-28(49)19-5-4-13-37-19)30(51)41-20(6-10-34)27(48)39-16-25(47)40-24/h17-24,26,37,46H,4-16,34-36H2,1-3H3,(H,38,54)(H,39,48)(H,40,47)(H,41,51)(H,42,50)(H,43,53)(H,44,49)(H,45,52)/t18-,19+,20+,21+,22+,23+,24+,26+/m1/s1. The summed E-state index contributed by atoms with van der Waals surface area (Å²) in [4.78, 5) is 106. The Balaban J connectivity index is 2.48. The molecule has 2 saturated heterocycles. The quantitative estimate of drug-likeness (QED) is 0.0932. The number of aliphatic hydroxyl groups is 1. The normalized spacial score (nSPS) is 28.1. The summed E-state index contributed by atoms with van der Waals surface area (Å²) in [6, 6.07) is -8.22. The first-order valence-corrected chi connectivity index (χ1v) is 18.5. The summed E-state index contributed by atoms with van der Waals surface area (Å²) >= 11 is 0. The second kappa shape index (κ2) is 23.4. The summed E-state index contributed by atoms with van der Waals surface area (Å²) in [5.74, 6) is -6.04. The third-order valence-electron chi connectivity index (χ3n) is 8.85. The topological polar surface area (TPSA) is 343 Å². The van der Waals surface area contributed by atoms with Crippen molar-refractivity contribution in [3.05, 3.63) is 0 Å². The van der Waals surface area contributed by atoms with Crippen LogP contribution < -0.4 is 65.1 Å². The van der Waals surface area contributed by atoms with Crippen LogP contribution in [-0.4, -0.2) is 140 Å². The Morgan fingerprint density at radius 2 is 1.22 bits per heavy atom. The molecule has 306 valence electrons. The Bertz CT molecular complexity index is 1310. The zero-order chi connectivity index (χ0) is 40.4. The molecule has 0 radical (unpaired) electrons. The molecule has 0 aromatic carbocycles. The molecule has 8 amide bonds. The molecular formula is C33H60N12O9. The molecule has 8 atom stereocenters. The minimum Gasteiger partial charge on any atom is -0.391 e. The zero-order valence-electron chi connectivity index (χ0n) is 31.3. The number of carbonyl (C=O) groups is 8. The molecule has 0 aromatic heterocycles. The van der Waals surface area contributed by atoms with Crippen molar-refractivity contribution in [1.82, 2.24) is 47.9 Å². The van der Waals surface area contributed by atoms with Crippen LogP contribution in [0.4, 0.5) is 0 Å². The fraction of sp³-hybridized carbons (Fsp3) is 0.758. The van der Waals surface area contributed by atoms with Crippen LogP contribution in [0.15, 0.2) is 0 Å². The zero-order valence-corrected chi connectivity index (χ0v) is 31.3. The number of nitrogens with two attached hydrogens (primary N) is 3. The van der Waals surface area contributed by atoms with E-state index >= 15 is 0 Å². The Kier molecular flexibility index (Phi) is 19.8. The van der Waals surface area contributed by atoms with Crippen molar-refractivity contribution >= 4 is 47.3 Å². The minimum absolute atomic E-state index is 0.0313. The van der Waals surface area contributed by atoms with Gasteiger partial charge in [-0.2, -0.15) is 0 Å².